The molecule has 36 heavy (non-hydrogen) atoms. The second-order valence-electron chi connectivity index (χ2n) is 12.0. The second-order valence-corrected chi connectivity index (χ2v) is 12.0. The molecule has 0 atom stereocenters. The monoisotopic (exact) mass is 530 g/mol. The normalized spacial score (nSPS) is 11.7. The van der Waals surface area contributed by atoms with Crippen LogP contribution in [0.2, 0.25) is 0 Å². The number of quaternary nitrogens is 1. The molecule has 1 nitrogen and oxygen atoms in total. The first-order chi connectivity index (χ1) is 17.2. The summed E-state index contributed by atoms with van der Waals surface area (Å²) in [6.07, 6.45) is 37.8. The van der Waals surface area contributed by atoms with Crippen LogP contribution >= 0.6 is 0 Å². The van der Waals surface area contributed by atoms with E-state index in [1.807, 2.05) is 0 Å². The van der Waals surface area contributed by atoms with Crippen molar-refractivity contribution in [3.05, 3.63) is 0 Å². The lowest BCUT2D eigenvalue weighted by atomic mass is 10.0. The van der Waals surface area contributed by atoms with Crippen molar-refractivity contribution >= 4 is 0 Å². The molecule has 0 aliphatic heterocycles. The largest absolute Gasteiger partial charge is 1.00 e. The third-order valence-electron chi connectivity index (χ3n) is 8.44. The molecular formula is C34H72ClN. The van der Waals surface area contributed by atoms with Gasteiger partial charge >= 0.3 is 0 Å². The fourth-order valence-corrected chi connectivity index (χ4v) is 5.93. The zero-order chi connectivity index (χ0) is 25.7. The molecule has 2 heteroatoms. The molecule has 0 fully saturated rings. The Labute approximate surface area is 237 Å². The highest BCUT2D eigenvalue weighted by Crippen LogP contribution is 2.21. The van der Waals surface area contributed by atoms with E-state index in [-0.39, 0.29) is 12.4 Å². The summed E-state index contributed by atoms with van der Waals surface area (Å²) in [6, 6.07) is 0. The Morgan fingerprint density at radius 2 is 0.417 bits per heavy atom. The van der Waals surface area contributed by atoms with Crippen molar-refractivity contribution in [1.82, 2.24) is 0 Å². The minimum absolute atomic E-state index is 0. The lowest BCUT2D eigenvalue weighted by molar-refractivity contribution is -0.929. The van der Waals surface area contributed by atoms with E-state index < -0.39 is 0 Å². The van der Waals surface area contributed by atoms with Crippen LogP contribution in [-0.2, 0) is 0 Å². The first kappa shape index (κ1) is 38.4. The van der Waals surface area contributed by atoms with Crippen molar-refractivity contribution in [2.75, 3.05) is 26.2 Å². The summed E-state index contributed by atoms with van der Waals surface area (Å²) in [5.74, 6) is 0. The Hall–Kier alpha value is 0.250. The van der Waals surface area contributed by atoms with Gasteiger partial charge in [0.25, 0.3) is 0 Å². The van der Waals surface area contributed by atoms with E-state index in [4.69, 9.17) is 0 Å². The molecule has 0 N–H and O–H groups in total. The van der Waals surface area contributed by atoms with Gasteiger partial charge in [-0.3, -0.25) is 0 Å². The third-order valence-corrected chi connectivity index (χ3v) is 8.44. The molecule has 0 heterocycles. The second kappa shape index (κ2) is 31.5. The van der Waals surface area contributed by atoms with Gasteiger partial charge < -0.3 is 16.9 Å². The van der Waals surface area contributed by atoms with Gasteiger partial charge in [-0.25, -0.2) is 0 Å². The van der Waals surface area contributed by atoms with Gasteiger partial charge in [0.1, 0.15) is 0 Å². The van der Waals surface area contributed by atoms with Gasteiger partial charge in [-0.05, 0) is 51.4 Å². The van der Waals surface area contributed by atoms with Crippen LogP contribution in [0, 0.1) is 0 Å². The van der Waals surface area contributed by atoms with Crippen molar-refractivity contribution in [3.8, 4) is 0 Å². The molecule has 0 unspecified atom stereocenters. The minimum atomic E-state index is 0. The highest BCUT2D eigenvalue weighted by Gasteiger charge is 2.25. The molecular weight excluding hydrogens is 458 g/mol. The van der Waals surface area contributed by atoms with Crippen molar-refractivity contribution in [3.63, 3.8) is 0 Å². The Balaban J connectivity index is 0. The van der Waals surface area contributed by atoms with Gasteiger partial charge in [0, 0.05) is 0 Å². The van der Waals surface area contributed by atoms with Crippen LogP contribution in [-0.4, -0.2) is 30.7 Å². The maximum Gasteiger partial charge on any atom is 0.0786 e. The van der Waals surface area contributed by atoms with Crippen LogP contribution in [0.4, 0.5) is 0 Å². The molecule has 0 aromatic rings. The molecule has 0 aliphatic carbocycles. The predicted molar refractivity (Wildman–Crippen MR) is 162 cm³/mol. The smallest absolute Gasteiger partial charge is 0.0786 e. The predicted octanol–water partition coefficient (Wildman–Crippen LogP) is 9.03. The Bertz CT molecular complexity index is 347. The minimum Gasteiger partial charge on any atom is -1.00 e. The fourth-order valence-electron chi connectivity index (χ4n) is 5.93. The lowest BCUT2D eigenvalue weighted by Gasteiger charge is -2.40. The summed E-state index contributed by atoms with van der Waals surface area (Å²) < 4.78 is 1.48. The van der Waals surface area contributed by atoms with Crippen molar-refractivity contribution < 1.29 is 16.9 Å². The number of rotatable bonds is 30. The zero-order valence-corrected chi connectivity index (χ0v) is 26.8. The number of nitrogens with zero attached hydrogens (tertiary/aromatic N) is 1. The number of halogens is 1. The van der Waals surface area contributed by atoms with E-state index in [1.165, 1.54) is 198 Å². The van der Waals surface area contributed by atoms with Gasteiger partial charge in [0.05, 0.1) is 26.2 Å². The SMILES string of the molecule is CCCCCCCCCC[N+](CCCCCCC)(CCCCCCC)CCCCCCCCCC.[Cl-]. The summed E-state index contributed by atoms with van der Waals surface area (Å²) in [7, 11) is 0. The highest BCUT2D eigenvalue weighted by molar-refractivity contribution is 4.55. The van der Waals surface area contributed by atoms with Crippen molar-refractivity contribution in [2.45, 2.75) is 195 Å². The maximum atomic E-state index is 2.35. The molecule has 0 spiro atoms. The maximum absolute atomic E-state index is 2.35. The molecule has 0 amide bonds. The first-order valence-electron chi connectivity index (χ1n) is 17.1. The molecule has 0 radical (unpaired) electrons. The van der Waals surface area contributed by atoms with E-state index in [2.05, 4.69) is 27.7 Å². The Morgan fingerprint density at radius 1 is 0.250 bits per heavy atom. The molecule has 0 aromatic heterocycles. The Kier molecular flexibility index (Phi) is 33.6. The highest BCUT2D eigenvalue weighted by atomic mass is 35.5. The zero-order valence-electron chi connectivity index (χ0n) is 26.0. The van der Waals surface area contributed by atoms with E-state index >= 15 is 0 Å². The van der Waals surface area contributed by atoms with Gasteiger partial charge in [-0.1, -0.05) is 143 Å². The van der Waals surface area contributed by atoms with Crippen LogP contribution in [0.1, 0.15) is 195 Å². The van der Waals surface area contributed by atoms with Crippen LogP contribution in [0.5, 0.6) is 0 Å². The molecule has 0 saturated heterocycles. The van der Waals surface area contributed by atoms with E-state index in [0.717, 1.165) is 0 Å². The van der Waals surface area contributed by atoms with Crippen LogP contribution in [0.25, 0.3) is 0 Å². The summed E-state index contributed by atoms with van der Waals surface area (Å²) in [5.41, 5.74) is 0. The van der Waals surface area contributed by atoms with Crippen molar-refractivity contribution in [1.29, 1.82) is 0 Å². The lowest BCUT2D eigenvalue weighted by Crippen LogP contribution is -3.00. The van der Waals surface area contributed by atoms with E-state index in [0.29, 0.717) is 0 Å². The number of hydrogen-bond donors (Lipinski definition) is 0. The molecule has 0 saturated carbocycles. The molecule has 0 aliphatic rings. The van der Waals surface area contributed by atoms with Crippen molar-refractivity contribution in [2.24, 2.45) is 0 Å². The average Bonchev–Trinajstić information content (AvgIpc) is 2.87. The fraction of sp³-hybridized carbons (Fsp3) is 1.00. The summed E-state index contributed by atoms with van der Waals surface area (Å²) in [4.78, 5) is 0. The van der Waals surface area contributed by atoms with Gasteiger partial charge in [0.2, 0.25) is 0 Å². The summed E-state index contributed by atoms with van der Waals surface area (Å²) in [6.45, 7) is 15.3. The number of unbranched alkanes of at least 4 members (excludes halogenated alkanes) is 22. The summed E-state index contributed by atoms with van der Waals surface area (Å²) >= 11 is 0. The van der Waals surface area contributed by atoms with Crippen LogP contribution in [0.3, 0.4) is 0 Å². The first-order valence-corrected chi connectivity index (χ1v) is 17.1. The Morgan fingerprint density at radius 3 is 0.611 bits per heavy atom. The number of hydrogen-bond acceptors (Lipinski definition) is 0. The van der Waals surface area contributed by atoms with Crippen LogP contribution in [0.15, 0.2) is 0 Å². The quantitative estimate of drug-likeness (QED) is 0.0642. The molecule has 0 bridgehead atoms. The molecule has 0 aromatic carbocycles. The van der Waals surface area contributed by atoms with E-state index in [9.17, 15) is 0 Å². The van der Waals surface area contributed by atoms with Crippen LogP contribution < -0.4 is 12.4 Å². The third kappa shape index (κ3) is 25.9. The topological polar surface area (TPSA) is 0 Å². The van der Waals surface area contributed by atoms with E-state index in [1.54, 1.807) is 0 Å². The molecule has 220 valence electrons. The summed E-state index contributed by atoms with van der Waals surface area (Å²) in [5, 5.41) is 0. The average molecular weight is 530 g/mol. The van der Waals surface area contributed by atoms with Gasteiger partial charge in [-0.2, -0.15) is 0 Å². The van der Waals surface area contributed by atoms with Gasteiger partial charge in [0.15, 0.2) is 0 Å². The standard InChI is InChI=1S/C34H72N.ClH/c1-5-9-13-17-19-21-25-29-33-35(31-27-23-15-11-7-3,32-28-24-16-12-8-4)34-30-26-22-20-18-14-10-6-2;/h5-34H2,1-4H3;1H/q+1;/p-1. The van der Waals surface area contributed by atoms with Gasteiger partial charge in [-0.15, -0.1) is 0 Å². The molecule has 0 rings (SSSR count).